The first kappa shape index (κ1) is 12.6. The van der Waals surface area contributed by atoms with Gasteiger partial charge in [-0.25, -0.2) is 0 Å². The Labute approximate surface area is 114 Å². The highest BCUT2D eigenvalue weighted by Crippen LogP contribution is 2.49. The molecule has 3 atom stereocenters. The summed E-state index contributed by atoms with van der Waals surface area (Å²) in [6, 6.07) is 1.83. The molecular weight excluding hydrogens is 238 g/mol. The fraction of sp³-hybridized carbons (Fsp3) is 0.625. The average molecular weight is 259 g/mol. The van der Waals surface area contributed by atoms with Crippen LogP contribution in [0.4, 0.5) is 0 Å². The van der Waals surface area contributed by atoms with Crippen molar-refractivity contribution in [2.24, 2.45) is 17.8 Å². The number of carbonyl (C=O) groups is 1. The maximum atomic E-state index is 12.3. The summed E-state index contributed by atoms with van der Waals surface area (Å²) in [4.78, 5) is 16.4. The van der Waals surface area contributed by atoms with Crippen molar-refractivity contribution < 1.29 is 9.53 Å². The number of fused-ring (bicyclic) bond motifs is 2. The number of nitrogens with zero attached hydrogens (tertiary/aromatic N) is 1. The minimum Gasteiger partial charge on any atom is -0.492 e. The highest BCUT2D eigenvalue weighted by Gasteiger charge is 2.40. The van der Waals surface area contributed by atoms with Crippen molar-refractivity contribution in [2.45, 2.75) is 39.0 Å². The van der Waals surface area contributed by atoms with Crippen LogP contribution in [0.25, 0.3) is 0 Å². The highest BCUT2D eigenvalue weighted by molar-refractivity contribution is 5.96. The van der Waals surface area contributed by atoms with Crippen molar-refractivity contribution in [1.29, 1.82) is 0 Å². The zero-order valence-electron chi connectivity index (χ0n) is 11.5. The van der Waals surface area contributed by atoms with Gasteiger partial charge in [0.1, 0.15) is 5.75 Å². The molecule has 0 saturated heterocycles. The molecule has 102 valence electrons. The summed E-state index contributed by atoms with van der Waals surface area (Å²) in [5.74, 6) is 3.24. The third-order valence-corrected chi connectivity index (χ3v) is 4.68. The van der Waals surface area contributed by atoms with Crippen LogP contribution in [-0.4, -0.2) is 17.4 Å². The molecule has 2 bridgehead atoms. The number of carbonyl (C=O) groups excluding carboxylic acids is 1. The maximum Gasteiger partial charge on any atom is 0.164 e. The van der Waals surface area contributed by atoms with E-state index in [2.05, 4.69) is 4.98 Å². The summed E-state index contributed by atoms with van der Waals surface area (Å²) >= 11 is 0. The van der Waals surface area contributed by atoms with Crippen LogP contribution in [-0.2, 0) is 0 Å². The third kappa shape index (κ3) is 2.65. The molecule has 0 radical (unpaired) electrons. The quantitative estimate of drug-likeness (QED) is 0.760. The van der Waals surface area contributed by atoms with Gasteiger partial charge in [0.25, 0.3) is 0 Å². The Morgan fingerprint density at radius 3 is 2.95 bits per heavy atom. The van der Waals surface area contributed by atoms with Crippen LogP contribution >= 0.6 is 0 Å². The van der Waals surface area contributed by atoms with Gasteiger partial charge in [0.05, 0.1) is 12.8 Å². The lowest BCUT2D eigenvalue weighted by molar-refractivity contribution is 0.0943. The van der Waals surface area contributed by atoms with E-state index < -0.39 is 0 Å². The van der Waals surface area contributed by atoms with Crippen LogP contribution in [0.5, 0.6) is 5.75 Å². The predicted molar refractivity (Wildman–Crippen MR) is 73.3 cm³/mol. The Morgan fingerprint density at radius 1 is 1.37 bits per heavy atom. The molecule has 0 aromatic carbocycles. The normalized spacial score (nSPS) is 28.6. The molecule has 3 unspecified atom stereocenters. The van der Waals surface area contributed by atoms with Crippen molar-refractivity contribution in [1.82, 2.24) is 4.98 Å². The molecule has 19 heavy (non-hydrogen) atoms. The Bertz CT molecular complexity index is 472. The lowest BCUT2D eigenvalue weighted by atomic mass is 9.84. The van der Waals surface area contributed by atoms with Gasteiger partial charge in [0, 0.05) is 18.2 Å². The average Bonchev–Trinajstić information content (AvgIpc) is 3.02. The summed E-state index contributed by atoms with van der Waals surface area (Å²) < 4.78 is 5.40. The minimum atomic E-state index is 0.228. The standard InChI is InChI=1S/C16H21NO2/c1-2-19-15-7-14(9-17-10-15)16(18)8-13-6-11-3-4-12(13)5-11/h7,9-13H,2-6,8H2,1H3. The van der Waals surface area contributed by atoms with Crippen molar-refractivity contribution in [3.05, 3.63) is 24.0 Å². The second kappa shape index (κ2) is 5.32. The van der Waals surface area contributed by atoms with Crippen LogP contribution in [0.1, 0.15) is 49.4 Å². The van der Waals surface area contributed by atoms with E-state index >= 15 is 0 Å². The Hall–Kier alpha value is -1.38. The van der Waals surface area contributed by atoms with Crippen LogP contribution in [0.15, 0.2) is 18.5 Å². The number of hydrogen-bond acceptors (Lipinski definition) is 3. The third-order valence-electron chi connectivity index (χ3n) is 4.68. The largest absolute Gasteiger partial charge is 0.492 e. The number of aromatic nitrogens is 1. The number of hydrogen-bond donors (Lipinski definition) is 0. The van der Waals surface area contributed by atoms with E-state index in [9.17, 15) is 4.79 Å². The molecule has 1 aromatic rings. The van der Waals surface area contributed by atoms with Crippen molar-refractivity contribution >= 4 is 5.78 Å². The van der Waals surface area contributed by atoms with E-state index in [0.717, 1.165) is 11.8 Å². The van der Waals surface area contributed by atoms with Gasteiger partial charge >= 0.3 is 0 Å². The van der Waals surface area contributed by atoms with Gasteiger partial charge in [-0.3, -0.25) is 9.78 Å². The second-order valence-corrected chi connectivity index (χ2v) is 5.90. The summed E-state index contributed by atoms with van der Waals surface area (Å²) in [5, 5.41) is 0. The highest BCUT2D eigenvalue weighted by atomic mass is 16.5. The number of Topliss-reactive ketones (excluding diaryl/α,β-unsaturated/α-hetero) is 1. The Kier molecular flexibility index (Phi) is 3.54. The van der Waals surface area contributed by atoms with Crippen LogP contribution in [0.3, 0.4) is 0 Å². The Balaban J connectivity index is 1.65. The molecule has 3 rings (SSSR count). The van der Waals surface area contributed by atoms with Gasteiger partial charge in [-0.15, -0.1) is 0 Å². The molecule has 0 amide bonds. The number of ether oxygens (including phenoxy) is 1. The van der Waals surface area contributed by atoms with Crippen LogP contribution in [0.2, 0.25) is 0 Å². The van der Waals surface area contributed by atoms with Crippen LogP contribution in [0, 0.1) is 17.8 Å². The molecule has 2 saturated carbocycles. The molecule has 0 spiro atoms. The van der Waals surface area contributed by atoms with Crippen molar-refractivity contribution in [3.63, 3.8) is 0 Å². The van der Waals surface area contributed by atoms with E-state index in [1.807, 2.05) is 13.0 Å². The zero-order valence-corrected chi connectivity index (χ0v) is 11.5. The number of ketones is 1. The van der Waals surface area contributed by atoms with Crippen molar-refractivity contribution in [3.8, 4) is 5.75 Å². The Morgan fingerprint density at radius 2 is 2.26 bits per heavy atom. The molecule has 0 aliphatic heterocycles. The topological polar surface area (TPSA) is 39.2 Å². The van der Waals surface area contributed by atoms with Gasteiger partial charge in [-0.05, 0) is 50.0 Å². The number of rotatable bonds is 5. The van der Waals surface area contributed by atoms with E-state index in [-0.39, 0.29) is 5.78 Å². The van der Waals surface area contributed by atoms with Gasteiger partial charge in [-0.2, -0.15) is 0 Å². The molecule has 1 heterocycles. The van der Waals surface area contributed by atoms with E-state index in [0.29, 0.717) is 30.3 Å². The van der Waals surface area contributed by atoms with Gasteiger partial charge in [0.15, 0.2) is 5.78 Å². The summed E-state index contributed by atoms with van der Waals surface area (Å²) in [6.07, 6.45) is 9.36. The molecule has 2 aliphatic carbocycles. The minimum absolute atomic E-state index is 0.228. The second-order valence-electron chi connectivity index (χ2n) is 5.90. The van der Waals surface area contributed by atoms with E-state index in [4.69, 9.17) is 4.74 Å². The fourth-order valence-corrected chi connectivity index (χ4v) is 3.80. The SMILES string of the molecule is CCOc1cncc(C(=O)CC2CC3CCC2C3)c1. The first-order valence-electron chi connectivity index (χ1n) is 7.37. The van der Waals surface area contributed by atoms with Crippen molar-refractivity contribution in [2.75, 3.05) is 6.61 Å². The molecule has 3 nitrogen and oxygen atoms in total. The zero-order chi connectivity index (χ0) is 13.2. The number of pyridine rings is 1. The van der Waals surface area contributed by atoms with E-state index in [1.54, 1.807) is 12.4 Å². The summed E-state index contributed by atoms with van der Waals surface area (Å²) in [5.41, 5.74) is 0.703. The fourth-order valence-electron chi connectivity index (χ4n) is 3.80. The lowest BCUT2D eigenvalue weighted by Crippen LogP contribution is -2.15. The molecule has 1 aromatic heterocycles. The first-order valence-corrected chi connectivity index (χ1v) is 7.37. The van der Waals surface area contributed by atoms with Gasteiger partial charge < -0.3 is 4.74 Å². The molecule has 0 N–H and O–H groups in total. The smallest absolute Gasteiger partial charge is 0.164 e. The van der Waals surface area contributed by atoms with Gasteiger partial charge in [0.2, 0.25) is 0 Å². The molecule has 2 fully saturated rings. The molecular formula is C16H21NO2. The monoisotopic (exact) mass is 259 g/mol. The summed E-state index contributed by atoms with van der Waals surface area (Å²) in [6.45, 7) is 2.54. The maximum absolute atomic E-state index is 12.3. The molecule has 2 aliphatic rings. The summed E-state index contributed by atoms with van der Waals surface area (Å²) in [7, 11) is 0. The van der Waals surface area contributed by atoms with Crippen LogP contribution < -0.4 is 4.74 Å². The predicted octanol–water partition coefficient (Wildman–Crippen LogP) is 3.49. The van der Waals surface area contributed by atoms with Gasteiger partial charge in [-0.1, -0.05) is 6.42 Å². The molecule has 3 heteroatoms. The van der Waals surface area contributed by atoms with E-state index in [1.165, 1.54) is 25.7 Å². The lowest BCUT2D eigenvalue weighted by Gasteiger charge is -2.20. The first-order chi connectivity index (χ1) is 9.26.